The third-order valence-electron chi connectivity index (χ3n) is 4.50. The van der Waals surface area contributed by atoms with Gasteiger partial charge in [-0.25, -0.2) is 8.42 Å². The number of benzene rings is 2. The Morgan fingerprint density at radius 2 is 2.00 bits per heavy atom. The third-order valence-corrected chi connectivity index (χ3v) is 7.72. The van der Waals surface area contributed by atoms with Crippen LogP contribution in [0.2, 0.25) is 0 Å². The Hall–Kier alpha value is -3.40. The van der Waals surface area contributed by atoms with E-state index in [0.29, 0.717) is 23.7 Å². The molecule has 1 N–H and O–H groups in total. The largest absolute Gasteiger partial charge is 0.493 e. The molecule has 0 atom stereocenters. The number of carbonyl (C=O) groups is 1. The predicted molar refractivity (Wildman–Crippen MR) is 136 cm³/mol. The van der Waals surface area contributed by atoms with E-state index in [2.05, 4.69) is 14.7 Å². The molecule has 1 heterocycles. The van der Waals surface area contributed by atoms with Crippen molar-refractivity contribution in [1.82, 2.24) is 9.36 Å². The van der Waals surface area contributed by atoms with Gasteiger partial charge in [0.25, 0.3) is 11.1 Å². The van der Waals surface area contributed by atoms with Gasteiger partial charge < -0.3 is 9.47 Å². The van der Waals surface area contributed by atoms with Gasteiger partial charge in [0.15, 0.2) is 11.5 Å². The van der Waals surface area contributed by atoms with Crippen molar-refractivity contribution in [3.63, 3.8) is 0 Å². The molecule has 9 nitrogen and oxygen atoms in total. The summed E-state index contributed by atoms with van der Waals surface area (Å²) in [5, 5.41) is 11.5. The fourth-order valence-corrected chi connectivity index (χ4v) is 5.05. The zero-order valence-electron chi connectivity index (χ0n) is 18.9. The number of anilines is 1. The van der Waals surface area contributed by atoms with Crippen molar-refractivity contribution in [2.75, 3.05) is 30.5 Å². The summed E-state index contributed by atoms with van der Waals surface area (Å²) in [5.74, 6) is 0.856. The molecule has 0 aliphatic rings. The summed E-state index contributed by atoms with van der Waals surface area (Å²) in [6, 6.07) is 16.9. The molecule has 3 rings (SSSR count). The monoisotopic (exact) mass is 530 g/mol. The number of amides is 1. The highest BCUT2D eigenvalue weighted by Crippen LogP contribution is 2.29. The molecule has 0 fully saturated rings. The molecule has 2 aromatic carbocycles. The Morgan fingerprint density at radius 1 is 1.23 bits per heavy atom. The fraction of sp³-hybridized carbons (Fsp3) is 0.217. The zero-order chi connectivity index (χ0) is 25.3. The van der Waals surface area contributed by atoms with Gasteiger partial charge in [-0.2, -0.15) is 14.6 Å². The second-order valence-corrected chi connectivity index (χ2v) is 10.9. The van der Waals surface area contributed by atoms with Gasteiger partial charge in [-0.15, -0.1) is 11.8 Å². The second kappa shape index (κ2) is 12.3. The minimum Gasteiger partial charge on any atom is -0.493 e. The highest BCUT2D eigenvalue weighted by Gasteiger charge is 2.20. The first-order valence-corrected chi connectivity index (χ1v) is 13.8. The van der Waals surface area contributed by atoms with Crippen molar-refractivity contribution in [3.8, 4) is 17.6 Å². The Labute approximate surface area is 211 Å². The Morgan fingerprint density at radius 3 is 2.69 bits per heavy atom. The van der Waals surface area contributed by atoms with Crippen LogP contribution in [-0.4, -0.2) is 48.9 Å². The first-order valence-electron chi connectivity index (χ1n) is 10.3. The number of thioether (sulfide) groups is 1. The number of ether oxygens (including phenoxy) is 2. The van der Waals surface area contributed by atoms with Crippen LogP contribution in [0.5, 0.6) is 11.5 Å². The number of nitrogens with one attached hydrogen (secondary N) is 1. The first kappa shape index (κ1) is 26.2. The van der Waals surface area contributed by atoms with Crippen LogP contribution in [0.1, 0.15) is 12.5 Å². The van der Waals surface area contributed by atoms with Crippen LogP contribution in [0.4, 0.5) is 5.13 Å². The molecule has 0 saturated carbocycles. The van der Waals surface area contributed by atoms with E-state index in [0.717, 1.165) is 22.2 Å². The molecule has 3 aromatic rings. The molecular weight excluding hydrogens is 508 g/mol. The number of hydrogen-bond donors (Lipinski definition) is 1. The number of methoxy groups -OCH3 is 1. The van der Waals surface area contributed by atoms with Crippen LogP contribution in [0.25, 0.3) is 6.08 Å². The maximum Gasteiger partial charge on any atom is 0.268 e. The molecule has 0 unspecified atom stereocenters. The molecule has 0 bridgehead atoms. The maximum absolute atomic E-state index is 12.5. The quantitative estimate of drug-likeness (QED) is 0.169. The van der Waals surface area contributed by atoms with Crippen molar-refractivity contribution in [2.24, 2.45) is 0 Å². The number of carbonyl (C=O) groups excluding carboxylic acids is 1. The normalized spacial score (nSPS) is 11.5. The van der Waals surface area contributed by atoms with Gasteiger partial charge in [-0.1, -0.05) is 31.2 Å². The molecular formula is C23H22N4O5S3. The lowest BCUT2D eigenvalue weighted by atomic mass is 10.1. The summed E-state index contributed by atoms with van der Waals surface area (Å²) < 4.78 is 38.7. The van der Waals surface area contributed by atoms with Gasteiger partial charge >= 0.3 is 0 Å². The average Bonchev–Trinajstić information content (AvgIpc) is 3.35. The summed E-state index contributed by atoms with van der Waals surface area (Å²) >= 11 is 2.40. The summed E-state index contributed by atoms with van der Waals surface area (Å²) in [6.07, 6.45) is 1.39. The van der Waals surface area contributed by atoms with Gasteiger partial charge in [0.1, 0.15) is 11.6 Å². The summed E-state index contributed by atoms with van der Waals surface area (Å²) in [4.78, 5) is 17.5. The number of rotatable bonds is 11. The number of nitriles is 1. The highest BCUT2D eigenvalue weighted by molar-refractivity contribution is 7.99. The van der Waals surface area contributed by atoms with Gasteiger partial charge in [-0.3, -0.25) is 10.1 Å². The SMILES string of the molecule is CCS(=O)(=O)c1nsc(NC(=O)/C(C#N)=C\c2ccc(OCCSc3ccccc3)c(OC)c2)n1. The minimum atomic E-state index is -3.59. The Kier molecular flexibility index (Phi) is 9.25. The molecule has 182 valence electrons. The zero-order valence-corrected chi connectivity index (χ0v) is 21.4. The molecule has 0 radical (unpaired) electrons. The lowest BCUT2D eigenvalue weighted by Gasteiger charge is -2.11. The third kappa shape index (κ3) is 7.29. The van der Waals surface area contributed by atoms with E-state index in [1.807, 2.05) is 36.4 Å². The van der Waals surface area contributed by atoms with E-state index in [4.69, 9.17) is 9.47 Å². The molecule has 0 aliphatic heterocycles. The highest BCUT2D eigenvalue weighted by atomic mass is 32.2. The van der Waals surface area contributed by atoms with E-state index >= 15 is 0 Å². The molecule has 0 saturated heterocycles. The van der Waals surface area contributed by atoms with Crippen molar-refractivity contribution in [3.05, 3.63) is 59.7 Å². The molecule has 35 heavy (non-hydrogen) atoms. The molecule has 0 spiro atoms. The average molecular weight is 531 g/mol. The smallest absolute Gasteiger partial charge is 0.268 e. The van der Waals surface area contributed by atoms with Crippen molar-refractivity contribution in [2.45, 2.75) is 17.0 Å². The maximum atomic E-state index is 12.5. The molecule has 12 heteroatoms. The van der Waals surface area contributed by atoms with E-state index in [1.165, 1.54) is 20.1 Å². The molecule has 1 aromatic heterocycles. The van der Waals surface area contributed by atoms with Crippen molar-refractivity contribution < 1.29 is 22.7 Å². The number of hydrogen-bond acceptors (Lipinski definition) is 10. The summed E-state index contributed by atoms with van der Waals surface area (Å²) in [6.45, 7) is 1.94. The van der Waals surface area contributed by atoms with Gasteiger partial charge in [0, 0.05) is 22.2 Å². The van der Waals surface area contributed by atoms with Crippen LogP contribution < -0.4 is 14.8 Å². The van der Waals surface area contributed by atoms with Crippen LogP contribution in [0, 0.1) is 11.3 Å². The van der Waals surface area contributed by atoms with Crippen LogP contribution in [0.15, 0.2) is 64.2 Å². The van der Waals surface area contributed by atoms with Crippen LogP contribution in [-0.2, 0) is 14.6 Å². The van der Waals surface area contributed by atoms with E-state index < -0.39 is 15.7 Å². The number of nitrogens with zero attached hydrogens (tertiary/aromatic N) is 3. The van der Waals surface area contributed by atoms with Crippen LogP contribution >= 0.6 is 23.3 Å². The van der Waals surface area contributed by atoms with E-state index in [-0.39, 0.29) is 21.6 Å². The standard InChI is InChI=1S/C23H22N4O5S3/c1-3-35(29,30)23-26-22(34-27-23)25-21(28)17(15-24)13-16-9-10-19(20(14-16)31-2)32-11-12-33-18-7-5-4-6-8-18/h4-10,13-14H,3,11-12H2,1-2H3,(H,25,26,27,28)/b17-13-. The molecule has 1 amide bonds. The van der Waals surface area contributed by atoms with E-state index in [1.54, 1.807) is 30.0 Å². The number of aromatic nitrogens is 2. The number of sulfone groups is 1. The topological polar surface area (TPSA) is 131 Å². The summed E-state index contributed by atoms with van der Waals surface area (Å²) in [7, 11) is -2.09. The minimum absolute atomic E-state index is 0.0159. The van der Waals surface area contributed by atoms with Gasteiger partial charge in [0.2, 0.25) is 15.0 Å². The molecule has 0 aliphatic carbocycles. The van der Waals surface area contributed by atoms with Crippen LogP contribution in [0.3, 0.4) is 0 Å². The summed E-state index contributed by atoms with van der Waals surface area (Å²) in [5.41, 5.74) is 0.348. The fourth-order valence-electron chi connectivity index (χ4n) is 2.72. The van der Waals surface area contributed by atoms with Crippen molar-refractivity contribution in [1.29, 1.82) is 5.26 Å². The van der Waals surface area contributed by atoms with Gasteiger partial charge in [0.05, 0.1) is 19.5 Å². The second-order valence-electron chi connectivity index (χ2n) is 6.83. The lowest BCUT2D eigenvalue weighted by molar-refractivity contribution is -0.112. The van der Waals surface area contributed by atoms with E-state index in [9.17, 15) is 18.5 Å². The predicted octanol–water partition coefficient (Wildman–Crippen LogP) is 4.06. The lowest BCUT2D eigenvalue weighted by Crippen LogP contribution is -2.13. The first-order chi connectivity index (χ1) is 16.9. The Balaban J connectivity index is 1.65. The van der Waals surface area contributed by atoms with Gasteiger partial charge in [-0.05, 0) is 35.9 Å². The van der Waals surface area contributed by atoms with Crippen molar-refractivity contribution >= 4 is 50.2 Å². The Bertz CT molecular complexity index is 1350.